The van der Waals surface area contributed by atoms with Crippen molar-refractivity contribution in [3.8, 4) is 23.0 Å². The summed E-state index contributed by atoms with van der Waals surface area (Å²) in [6.07, 6.45) is 58.4. The summed E-state index contributed by atoms with van der Waals surface area (Å²) in [4.78, 5) is 9.75. The standard InChI is InChI=1S/C64H112N2O4/c1-7-9-11-13-15-17-19-21-23-25-27-29-31-33-35-37-39-41-43-45-51-69-59-49-47-57(61(67)53-59)55-65-63(3,4)64(5,6)66-56-58-48-50-60(54-62(58)68)70-52-46-44-42-40-38-36-34-32-30-28-26-24-22-20-18-16-14-12-10-8-2/h47-50,53-56,67-68H,7-46,51-52H2,1-6H3. The van der Waals surface area contributed by atoms with E-state index in [2.05, 4.69) is 13.8 Å². The number of hydrogen-bond acceptors (Lipinski definition) is 6. The molecule has 0 unspecified atom stereocenters. The molecule has 70 heavy (non-hydrogen) atoms. The molecule has 0 saturated heterocycles. The molecule has 0 aromatic heterocycles. The van der Waals surface area contributed by atoms with Crippen LogP contribution in [0.2, 0.25) is 0 Å². The zero-order valence-corrected chi connectivity index (χ0v) is 46.9. The van der Waals surface area contributed by atoms with E-state index < -0.39 is 11.1 Å². The molecule has 402 valence electrons. The van der Waals surface area contributed by atoms with Gasteiger partial charge in [-0.05, 0) is 64.8 Å². The largest absolute Gasteiger partial charge is 0.507 e. The maximum absolute atomic E-state index is 10.8. The number of phenols is 2. The summed E-state index contributed by atoms with van der Waals surface area (Å²) in [6.45, 7) is 14.1. The number of ether oxygens (including phenoxy) is 2. The first-order chi connectivity index (χ1) is 34.1. The molecule has 0 fully saturated rings. The van der Waals surface area contributed by atoms with Gasteiger partial charge in [-0.1, -0.05) is 258 Å². The Bertz CT molecular complexity index is 1450. The van der Waals surface area contributed by atoms with Gasteiger partial charge in [0.2, 0.25) is 0 Å². The summed E-state index contributed by atoms with van der Waals surface area (Å²) in [5.41, 5.74) is 0.0920. The number of benzene rings is 2. The third-order valence-corrected chi connectivity index (χ3v) is 15.1. The van der Waals surface area contributed by atoms with Crippen LogP contribution in [0.5, 0.6) is 23.0 Å². The molecule has 0 radical (unpaired) electrons. The van der Waals surface area contributed by atoms with E-state index >= 15 is 0 Å². The van der Waals surface area contributed by atoms with Gasteiger partial charge in [0.25, 0.3) is 0 Å². The highest BCUT2D eigenvalue weighted by Gasteiger charge is 2.36. The molecule has 2 aromatic rings. The fourth-order valence-corrected chi connectivity index (χ4v) is 9.32. The van der Waals surface area contributed by atoms with Gasteiger partial charge in [-0.3, -0.25) is 9.98 Å². The summed E-state index contributed by atoms with van der Waals surface area (Å²) >= 11 is 0. The van der Waals surface area contributed by atoms with Crippen LogP contribution in [0.25, 0.3) is 0 Å². The van der Waals surface area contributed by atoms with E-state index in [0.29, 0.717) is 35.8 Å². The van der Waals surface area contributed by atoms with Crippen molar-refractivity contribution in [3.63, 3.8) is 0 Å². The van der Waals surface area contributed by atoms with E-state index in [4.69, 9.17) is 19.5 Å². The van der Waals surface area contributed by atoms with Gasteiger partial charge in [-0.2, -0.15) is 0 Å². The SMILES string of the molecule is CCCCCCCCCCCCCCCCCCCCCCOc1ccc(C=NC(C)(C)C(C)(C)N=Cc2ccc(OCCCCCCCCCCCCCCCCCCCCCC)cc2O)c(O)c1. The number of unbranched alkanes of at least 4 members (excludes halogenated alkanes) is 38. The van der Waals surface area contributed by atoms with Crippen molar-refractivity contribution in [3.05, 3.63) is 47.5 Å². The minimum atomic E-state index is -0.595. The van der Waals surface area contributed by atoms with Crippen molar-refractivity contribution in [2.75, 3.05) is 13.2 Å². The molecule has 2 rings (SSSR count). The Kier molecular flexibility index (Phi) is 38.3. The van der Waals surface area contributed by atoms with Crippen molar-refractivity contribution >= 4 is 12.4 Å². The number of nitrogens with zero attached hydrogens (tertiary/aromatic N) is 2. The highest BCUT2D eigenvalue weighted by Crippen LogP contribution is 2.32. The fraction of sp³-hybridized carbons (Fsp3) is 0.781. The highest BCUT2D eigenvalue weighted by atomic mass is 16.5. The lowest BCUT2D eigenvalue weighted by molar-refractivity contribution is 0.302. The normalized spacial score (nSPS) is 12.3. The molecule has 2 aromatic carbocycles. The van der Waals surface area contributed by atoms with Gasteiger partial charge in [-0.15, -0.1) is 0 Å². The number of aliphatic imine (C=N–C) groups is 2. The van der Waals surface area contributed by atoms with E-state index in [1.54, 1.807) is 24.6 Å². The summed E-state index contributed by atoms with van der Waals surface area (Å²) in [6, 6.07) is 10.9. The first-order valence-corrected chi connectivity index (χ1v) is 30.1. The van der Waals surface area contributed by atoms with Crippen molar-refractivity contribution in [1.29, 1.82) is 0 Å². The summed E-state index contributed by atoms with van der Waals surface area (Å²) in [5, 5.41) is 21.6. The van der Waals surface area contributed by atoms with Crippen LogP contribution in [0.3, 0.4) is 0 Å². The zero-order chi connectivity index (χ0) is 50.6. The Morgan fingerprint density at radius 2 is 0.557 bits per heavy atom. The van der Waals surface area contributed by atoms with E-state index in [9.17, 15) is 10.2 Å². The first-order valence-electron chi connectivity index (χ1n) is 30.1. The average Bonchev–Trinajstić information content (AvgIpc) is 3.34. The van der Waals surface area contributed by atoms with Crippen molar-refractivity contribution < 1.29 is 19.7 Å². The summed E-state index contributed by atoms with van der Waals surface area (Å²) < 4.78 is 12.0. The Hall–Kier alpha value is -3.02. The molecule has 0 amide bonds. The second kappa shape index (κ2) is 42.5. The third kappa shape index (κ3) is 32.9. The van der Waals surface area contributed by atoms with Crippen LogP contribution < -0.4 is 9.47 Å². The lowest BCUT2D eigenvalue weighted by Crippen LogP contribution is -2.42. The van der Waals surface area contributed by atoms with Gasteiger partial charge in [0.15, 0.2) is 0 Å². The van der Waals surface area contributed by atoms with Gasteiger partial charge >= 0.3 is 0 Å². The topological polar surface area (TPSA) is 83.6 Å². The predicted molar refractivity (Wildman–Crippen MR) is 307 cm³/mol. The van der Waals surface area contributed by atoms with E-state index in [0.717, 1.165) is 12.8 Å². The van der Waals surface area contributed by atoms with Gasteiger partial charge in [0, 0.05) is 35.7 Å². The molecule has 0 aliphatic carbocycles. The second-order valence-corrected chi connectivity index (χ2v) is 22.2. The minimum Gasteiger partial charge on any atom is -0.507 e. The third-order valence-electron chi connectivity index (χ3n) is 15.1. The van der Waals surface area contributed by atoms with E-state index in [1.807, 2.05) is 52.0 Å². The molecule has 0 spiro atoms. The second-order valence-electron chi connectivity index (χ2n) is 22.2. The molecule has 6 nitrogen and oxygen atoms in total. The van der Waals surface area contributed by atoms with Crippen molar-refractivity contribution in [2.24, 2.45) is 9.98 Å². The molecule has 2 N–H and O–H groups in total. The average molecular weight is 974 g/mol. The summed E-state index contributed by atoms with van der Waals surface area (Å²) in [5.74, 6) is 1.67. The lowest BCUT2D eigenvalue weighted by Gasteiger charge is -2.35. The Morgan fingerprint density at radius 3 is 0.771 bits per heavy atom. The Morgan fingerprint density at radius 1 is 0.343 bits per heavy atom. The monoisotopic (exact) mass is 973 g/mol. The van der Waals surface area contributed by atoms with E-state index in [1.165, 1.54) is 244 Å². The molecule has 0 aliphatic rings. The minimum absolute atomic E-state index is 0.152. The van der Waals surface area contributed by atoms with Crippen molar-refractivity contribution in [2.45, 2.75) is 309 Å². The molecule has 0 heterocycles. The maximum Gasteiger partial charge on any atom is 0.128 e. The van der Waals surface area contributed by atoms with Gasteiger partial charge in [-0.25, -0.2) is 0 Å². The number of phenolic OH excluding ortho intramolecular Hbond substituents is 2. The van der Waals surface area contributed by atoms with Gasteiger partial charge in [0.1, 0.15) is 23.0 Å². The Balaban J connectivity index is 1.52. The maximum atomic E-state index is 10.8. The molecular weight excluding hydrogens is 861 g/mol. The smallest absolute Gasteiger partial charge is 0.128 e. The number of aromatic hydroxyl groups is 2. The zero-order valence-electron chi connectivity index (χ0n) is 46.9. The van der Waals surface area contributed by atoms with Gasteiger partial charge < -0.3 is 19.7 Å². The van der Waals surface area contributed by atoms with E-state index in [-0.39, 0.29) is 11.5 Å². The lowest BCUT2D eigenvalue weighted by atomic mass is 9.83. The first kappa shape index (κ1) is 63.1. The predicted octanol–water partition coefficient (Wildman–Crippen LogP) is 20.6. The molecular formula is C64H112N2O4. The number of hydrogen-bond donors (Lipinski definition) is 2. The highest BCUT2D eigenvalue weighted by molar-refractivity contribution is 5.85. The van der Waals surface area contributed by atoms with Crippen LogP contribution in [0, 0.1) is 0 Å². The summed E-state index contributed by atoms with van der Waals surface area (Å²) in [7, 11) is 0. The van der Waals surface area contributed by atoms with Crippen LogP contribution in [-0.4, -0.2) is 46.9 Å². The molecule has 0 aliphatic heterocycles. The van der Waals surface area contributed by atoms with Crippen LogP contribution in [0.1, 0.15) is 310 Å². The van der Waals surface area contributed by atoms with Gasteiger partial charge in [0.05, 0.1) is 24.3 Å². The number of rotatable bonds is 49. The van der Waals surface area contributed by atoms with Crippen molar-refractivity contribution in [1.82, 2.24) is 0 Å². The van der Waals surface area contributed by atoms with Crippen LogP contribution in [0.4, 0.5) is 0 Å². The molecule has 6 heteroatoms. The van der Waals surface area contributed by atoms with Crippen LogP contribution >= 0.6 is 0 Å². The fourth-order valence-electron chi connectivity index (χ4n) is 9.32. The Labute approximate surface area is 433 Å². The van der Waals surface area contributed by atoms with Crippen LogP contribution in [0.15, 0.2) is 46.4 Å². The van der Waals surface area contributed by atoms with Crippen LogP contribution in [-0.2, 0) is 0 Å². The quantitative estimate of drug-likeness (QED) is 0.0511. The molecule has 0 atom stereocenters. The molecule has 0 saturated carbocycles. The molecule has 0 bridgehead atoms.